The van der Waals surface area contributed by atoms with Gasteiger partial charge in [-0.3, -0.25) is 28.8 Å². The Morgan fingerprint density at radius 1 is 0.974 bits per heavy atom. The Hall–Kier alpha value is -3.67. The van der Waals surface area contributed by atoms with Gasteiger partial charge in [0, 0.05) is 31.7 Å². The van der Waals surface area contributed by atoms with Gasteiger partial charge in [-0.25, -0.2) is 4.98 Å². The zero-order chi connectivity index (χ0) is 27.6. The standard InChI is InChI=1S/C28H33N5O5S/c1-2-24(34)32-14-7-6-11-21(19-32)33-25-22(27(36)31-15-17-39(37,38)18-16-31)12-8-13-23(25)29-28(33)30-26(35)20-9-4-3-5-10-20/h2-5,8-10,12-13,21,37-38H,1,6-7,11,14-19H2,(H,29,30,35). The van der Waals surface area contributed by atoms with Crippen LogP contribution in [0.2, 0.25) is 0 Å². The van der Waals surface area contributed by atoms with Gasteiger partial charge in [0.2, 0.25) is 11.9 Å². The number of likely N-dealkylation sites (tertiary alicyclic amines) is 1. The molecule has 1 atom stereocenters. The van der Waals surface area contributed by atoms with E-state index in [1.807, 2.05) is 10.6 Å². The van der Waals surface area contributed by atoms with Crippen molar-refractivity contribution in [3.8, 4) is 0 Å². The van der Waals surface area contributed by atoms with E-state index in [1.165, 1.54) is 6.08 Å². The van der Waals surface area contributed by atoms with Crippen molar-refractivity contribution >= 4 is 45.3 Å². The predicted molar refractivity (Wildman–Crippen MR) is 152 cm³/mol. The number of nitrogens with one attached hydrogen (secondary N) is 1. The largest absolute Gasteiger partial charge is 0.337 e. The number of imidazole rings is 1. The maximum absolute atomic E-state index is 13.8. The third-order valence-corrected chi connectivity index (χ3v) is 9.04. The van der Waals surface area contributed by atoms with E-state index in [0.717, 1.165) is 19.3 Å². The highest BCUT2D eigenvalue weighted by atomic mass is 32.3. The van der Waals surface area contributed by atoms with Gasteiger partial charge in [-0.15, -0.1) is 0 Å². The van der Waals surface area contributed by atoms with Gasteiger partial charge in [-0.2, -0.15) is 10.6 Å². The van der Waals surface area contributed by atoms with Crippen LogP contribution in [0.25, 0.3) is 11.0 Å². The van der Waals surface area contributed by atoms with Gasteiger partial charge < -0.3 is 14.4 Å². The van der Waals surface area contributed by atoms with Gasteiger partial charge in [0.05, 0.1) is 34.1 Å². The Morgan fingerprint density at radius 2 is 1.72 bits per heavy atom. The summed E-state index contributed by atoms with van der Waals surface area (Å²) >= 11 is 0. The van der Waals surface area contributed by atoms with Crippen LogP contribution in [0.3, 0.4) is 0 Å². The summed E-state index contributed by atoms with van der Waals surface area (Å²) in [7, 11) is -2.66. The average Bonchev–Trinajstić information content (AvgIpc) is 3.13. The number of hydrogen-bond donors (Lipinski definition) is 3. The number of amides is 3. The number of benzene rings is 2. The minimum atomic E-state index is -2.66. The maximum atomic E-state index is 13.8. The molecule has 0 aliphatic carbocycles. The third kappa shape index (κ3) is 5.70. The minimum Gasteiger partial charge on any atom is -0.337 e. The normalized spacial score (nSPS) is 20.2. The van der Waals surface area contributed by atoms with Crippen LogP contribution >= 0.6 is 10.6 Å². The number of fused-ring (bicyclic) bond motifs is 1. The van der Waals surface area contributed by atoms with Crippen molar-refractivity contribution < 1.29 is 23.5 Å². The van der Waals surface area contributed by atoms with Crippen molar-refractivity contribution in [1.82, 2.24) is 19.4 Å². The quantitative estimate of drug-likeness (QED) is 0.407. The Balaban J connectivity index is 1.59. The molecule has 10 nitrogen and oxygen atoms in total. The van der Waals surface area contributed by atoms with Crippen molar-refractivity contribution in [3.63, 3.8) is 0 Å². The zero-order valence-corrected chi connectivity index (χ0v) is 22.5. The van der Waals surface area contributed by atoms with Crippen LogP contribution in [-0.4, -0.2) is 83.9 Å². The molecule has 0 spiro atoms. The molecule has 3 N–H and O–H groups in total. The summed E-state index contributed by atoms with van der Waals surface area (Å²) in [6.07, 6.45) is 3.73. The number of para-hydroxylation sites is 1. The van der Waals surface area contributed by atoms with E-state index in [4.69, 9.17) is 4.98 Å². The van der Waals surface area contributed by atoms with Crippen LogP contribution in [0.1, 0.15) is 46.0 Å². The van der Waals surface area contributed by atoms with Crippen molar-refractivity contribution in [2.45, 2.75) is 25.3 Å². The summed E-state index contributed by atoms with van der Waals surface area (Å²) in [5.41, 5.74) is 2.03. The fourth-order valence-corrected chi connectivity index (χ4v) is 6.52. The maximum Gasteiger partial charge on any atom is 0.257 e. The number of nitrogens with zero attached hydrogens (tertiary/aromatic N) is 4. The fraction of sp³-hybridized carbons (Fsp3) is 0.357. The SMILES string of the molecule is C=CC(=O)N1CCCCC(n2c(NC(=O)c3ccccc3)nc3cccc(C(=O)N4CCS(O)(O)CC4)c32)C1. The first-order valence-corrected chi connectivity index (χ1v) is 15.0. The van der Waals surface area contributed by atoms with Crippen LogP contribution in [0.4, 0.5) is 5.95 Å². The summed E-state index contributed by atoms with van der Waals surface area (Å²) < 4.78 is 22.0. The second-order valence-electron chi connectivity index (χ2n) is 9.94. The topological polar surface area (TPSA) is 128 Å². The zero-order valence-electron chi connectivity index (χ0n) is 21.7. The lowest BCUT2D eigenvalue weighted by Crippen LogP contribution is -2.42. The lowest BCUT2D eigenvalue weighted by molar-refractivity contribution is -0.126. The first-order valence-electron chi connectivity index (χ1n) is 13.1. The summed E-state index contributed by atoms with van der Waals surface area (Å²) in [6, 6.07) is 13.9. The van der Waals surface area contributed by atoms with Crippen LogP contribution < -0.4 is 5.32 Å². The summed E-state index contributed by atoms with van der Waals surface area (Å²) in [5, 5.41) is 2.95. The molecule has 3 amide bonds. The molecule has 5 rings (SSSR count). The average molecular weight is 552 g/mol. The molecule has 3 heterocycles. The number of carbonyl (C=O) groups excluding carboxylic acids is 3. The Bertz CT molecular complexity index is 1400. The number of hydrogen-bond acceptors (Lipinski definition) is 6. The fourth-order valence-electron chi connectivity index (χ4n) is 5.29. The van der Waals surface area contributed by atoms with Crippen molar-refractivity contribution in [2.75, 3.05) is 43.0 Å². The molecule has 206 valence electrons. The molecular weight excluding hydrogens is 518 g/mol. The van der Waals surface area contributed by atoms with E-state index in [-0.39, 0.29) is 48.4 Å². The molecule has 11 heteroatoms. The number of carbonyl (C=O) groups is 3. The van der Waals surface area contributed by atoms with E-state index in [1.54, 1.807) is 52.3 Å². The first kappa shape index (κ1) is 26.9. The second kappa shape index (κ2) is 11.2. The van der Waals surface area contributed by atoms with Crippen LogP contribution in [0.5, 0.6) is 0 Å². The highest BCUT2D eigenvalue weighted by Crippen LogP contribution is 2.41. The molecule has 39 heavy (non-hydrogen) atoms. The van der Waals surface area contributed by atoms with E-state index < -0.39 is 10.6 Å². The number of rotatable bonds is 5. The molecule has 0 saturated carbocycles. The number of anilines is 1. The van der Waals surface area contributed by atoms with Crippen molar-refractivity contribution in [2.24, 2.45) is 0 Å². The molecular formula is C28H33N5O5S. The summed E-state index contributed by atoms with van der Waals surface area (Å²) in [4.78, 5) is 47.7. The molecule has 3 aromatic rings. The monoisotopic (exact) mass is 551 g/mol. The van der Waals surface area contributed by atoms with Crippen molar-refractivity contribution in [3.05, 3.63) is 72.3 Å². The second-order valence-corrected chi connectivity index (χ2v) is 12.4. The van der Waals surface area contributed by atoms with E-state index >= 15 is 0 Å². The van der Waals surface area contributed by atoms with Gasteiger partial charge in [-0.1, -0.05) is 30.8 Å². The Morgan fingerprint density at radius 3 is 2.44 bits per heavy atom. The highest BCUT2D eigenvalue weighted by Gasteiger charge is 2.31. The van der Waals surface area contributed by atoms with Crippen LogP contribution in [0.15, 0.2) is 61.2 Å². The molecule has 2 aliphatic heterocycles. The van der Waals surface area contributed by atoms with Crippen molar-refractivity contribution in [1.29, 1.82) is 0 Å². The van der Waals surface area contributed by atoms with Gasteiger partial charge in [0.1, 0.15) is 0 Å². The predicted octanol–water partition coefficient (Wildman–Crippen LogP) is 4.23. The minimum absolute atomic E-state index is 0.146. The smallest absolute Gasteiger partial charge is 0.257 e. The molecule has 2 fully saturated rings. The summed E-state index contributed by atoms with van der Waals surface area (Å²) in [6.45, 7) is 5.12. The molecule has 0 bridgehead atoms. The third-order valence-electron chi connectivity index (χ3n) is 7.36. The Labute approximate surface area is 228 Å². The van der Waals surface area contributed by atoms with Crippen LogP contribution in [0, 0.1) is 0 Å². The lowest BCUT2D eigenvalue weighted by atomic mass is 10.1. The van der Waals surface area contributed by atoms with Gasteiger partial charge in [0.25, 0.3) is 11.8 Å². The van der Waals surface area contributed by atoms with E-state index in [0.29, 0.717) is 41.2 Å². The summed E-state index contributed by atoms with van der Waals surface area (Å²) in [5.74, 6) is -0.116. The van der Waals surface area contributed by atoms with Gasteiger partial charge in [-0.05, 0) is 49.6 Å². The lowest BCUT2D eigenvalue weighted by Gasteiger charge is -2.41. The highest BCUT2D eigenvalue weighted by molar-refractivity contribution is 8.24. The molecule has 0 radical (unpaired) electrons. The van der Waals surface area contributed by atoms with E-state index in [2.05, 4.69) is 11.9 Å². The first-order chi connectivity index (χ1) is 18.8. The molecule has 2 aromatic carbocycles. The molecule has 2 aliphatic rings. The molecule has 2 saturated heterocycles. The molecule has 1 aromatic heterocycles. The van der Waals surface area contributed by atoms with E-state index in [9.17, 15) is 23.5 Å². The van der Waals surface area contributed by atoms with Crippen LogP contribution in [-0.2, 0) is 4.79 Å². The molecule has 1 unspecified atom stereocenters. The van der Waals surface area contributed by atoms with Gasteiger partial charge in [0.15, 0.2) is 0 Å². The Kier molecular flexibility index (Phi) is 7.74. The number of aromatic nitrogens is 2. The van der Waals surface area contributed by atoms with Gasteiger partial charge >= 0.3 is 0 Å².